The first kappa shape index (κ1) is 12.5. The molecule has 0 spiro atoms. The first-order valence-corrected chi connectivity index (χ1v) is 7.16. The first-order valence-electron chi connectivity index (χ1n) is 7.16. The number of nitro groups is 1. The summed E-state index contributed by atoms with van der Waals surface area (Å²) >= 11 is 0. The Balaban J connectivity index is 1.75. The number of hydrogen-bond acceptors (Lipinski definition) is 5. The van der Waals surface area contributed by atoms with Crippen LogP contribution in [0.5, 0.6) is 0 Å². The molecule has 0 radical (unpaired) electrons. The molecule has 1 saturated heterocycles. The maximum Gasteiger partial charge on any atom is 0.270 e. The lowest BCUT2D eigenvalue weighted by Gasteiger charge is -2.12. The molecule has 2 atom stereocenters. The van der Waals surface area contributed by atoms with E-state index in [-0.39, 0.29) is 10.6 Å². The van der Waals surface area contributed by atoms with Crippen molar-refractivity contribution < 1.29 is 4.92 Å². The summed E-state index contributed by atoms with van der Waals surface area (Å²) in [7, 11) is 0. The van der Waals surface area contributed by atoms with E-state index >= 15 is 0 Å². The van der Waals surface area contributed by atoms with E-state index in [1.165, 1.54) is 6.07 Å². The maximum atomic E-state index is 11.0. The van der Waals surface area contributed by atoms with E-state index < -0.39 is 0 Å². The number of rotatable bonds is 3. The number of hydrogen-bond donors (Lipinski definition) is 2. The zero-order valence-electron chi connectivity index (χ0n) is 11.7. The SMILES string of the molecule is Cc1cc(NC2C3CNCC32)c2cc([N+](=O)[O-])ccc2n1. The fraction of sp³-hybridized carbons (Fsp3) is 0.400. The van der Waals surface area contributed by atoms with Gasteiger partial charge < -0.3 is 10.6 Å². The molecule has 1 aliphatic carbocycles. The van der Waals surface area contributed by atoms with Gasteiger partial charge in [-0.15, -0.1) is 0 Å². The minimum atomic E-state index is -0.362. The molecule has 2 heterocycles. The molecule has 2 aliphatic rings. The van der Waals surface area contributed by atoms with Crippen molar-refractivity contribution in [2.45, 2.75) is 13.0 Å². The van der Waals surface area contributed by atoms with E-state index in [0.29, 0.717) is 17.9 Å². The third-order valence-electron chi connectivity index (χ3n) is 4.55. The molecule has 1 aliphatic heterocycles. The Morgan fingerprint density at radius 3 is 2.81 bits per heavy atom. The number of pyridine rings is 1. The van der Waals surface area contributed by atoms with Crippen LogP contribution >= 0.6 is 0 Å². The number of anilines is 1. The van der Waals surface area contributed by atoms with Crippen LogP contribution < -0.4 is 10.6 Å². The van der Waals surface area contributed by atoms with Gasteiger partial charge in [0.1, 0.15) is 0 Å². The number of aryl methyl sites for hydroxylation is 1. The summed E-state index contributed by atoms with van der Waals surface area (Å²) in [5.41, 5.74) is 2.78. The van der Waals surface area contributed by atoms with Crippen molar-refractivity contribution in [1.82, 2.24) is 10.3 Å². The van der Waals surface area contributed by atoms with E-state index in [1.807, 2.05) is 13.0 Å². The molecule has 2 fully saturated rings. The van der Waals surface area contributed by atoms with Crippen molar-refractivity contribution in [3.8, 4) is 0 Å². The summed E-state index contributed by atoms with van der Waals surface area (Å²) in [5, 5.41) is 18.7. The number of benzene rings is 1. The molecule has 4 rings (SSSR count). The Kier molecular flexibility index (Phi) is 2.62. The van der Waals surface area contributed by atoms with E-state index in [0.717, 1.165) is 35.4 Å². The maximum absolute atomic E-state index is 11.0. The third-order valence-corrected chi connectivity index (χ3v) is 4.55. The molecular formula is C15H16N4O2. The minimum Gasteiger partial charge on any atom is -0.381 e. The van der Waals surface area contributed by atoms with Crippen molar-refractivity contribution in [2.24, 2.45) is 11.8 Å². The zero-order chi connectivity index (χ0) is 14.6. The summed E-state index contributed by atoms with van der Waals surface area (Å²) in [6, 6.07) is 7.30. The molecule has 1 aromatic heterocycles. The monoisotopic (exact) mass is 284 g/mol. The molecule has 2 N–H and O–H groups in total. The number of fused-ring (bicyclic) bond motifs is 2. The Labute approximate surface area is 121 Å². The lowest BCUT2D eigenvalue weighted by Crippen LogP contribution is -2.21. The molecule has 2 aromatic rings. The smallest absolute Gasteiger partial charge is 0.270 e. The highest BCUT2D eigenvalue weighted by molar-refractivity contribution is 5.93. The van der Waals surface area contributed by atoms with Crippen LogP contribution in [-0.4, -0.2) is 29.0 Å². The van der Waals surface area contributed by atoms with Gasteiger partial charge in [-0.2, -0.15) is 0 Å². The molecule has 1 aromatic carbocycles. The van der Waals surface area contributed by atoms with Gasteiger partial charge in [-0.3, -0.25) is 15.1 Å². The van der Waals surface area contributed by atoms with Crippen molar-refractivity contribution in [2.75, 3.05) is 18.4 Å². The van der Waals surface area contributed by atoms with Gasteiger partial charge in [0, 0.05) is 48.0 Å². The van der Waals surface area contributed by atoms with Crippen LogP contribution in [0.15, 0.2) is 24.3 Å². The Morgan fingerprint density at radius 2 is 2.10 bits per heavy atom. The fourth-order valence-electron chi connectivity index (χ4n) is 3.39. The second kappa shape index (κ2) is 4.39. The molecule has 21 heavy (non-hydrogen) atoms. The second-order valence-corrected chi connectivity index (χ2v) is 5.93. The largest absolute Gasteiger partial charge is 0.381 e. The Bertz CT molecular complexity index is 736. The number of piperidine rings is 1. The van der Waals surface area contributed by atoms with Crippen LogP contribution in [0.2, 0.25) is 0 Å². The number of nitrogens with one attached hydrogen (secondary N) is 2. The van der Waals surface area contributed by atoms with Crippen LogP contribution in [-0.2, 0) is 0 Å². The van der Waals surface area contributed by atoms with Crippen LogP contribution in [0.4, 0.5) is 11.4 Å². The molecule has 6 nitrogen and oxygen atoms in total. The topological polar surface area (TPSA) is 80.1 Å². The summed E-state index contributed by atoms with van der Waals surface area (Å²) in [4.78, 5) is 15.1. The quantitative estimate of drug-likeness (QED) is 0.666. The Morgan fingerprint density at radius 1 is 1.33 bits per heavy atom. The standard InChI is InChI=1S/C15H16N4O2/c1-8-4-14(18-15-11-6-16-7-12(11)15)10-5-9(19(20)21)2-3-13(10)17-8/h2-5,11-12,15-16H,6-7H2,1H3,(H,17,18). The van der Waals surface area contributed by atoms with Crippen molar-refractivity contribution in [3.63, 3.8) is 0 Å². The normalized spacial score (nSPS) is 26.6. The summed E-state index contributed by atoms with van der Waals surface area (Å²) in [6.07, 6.45) is 0. The van der Waals surface area contributed by atoms with Gasteiger partial charge in [0.15, 0.2) is 0 Å². The highest BCUT2D eigenvalue weighted by atomic mass is 16.6. The number of nitro benzene ring substituents is 1. The van der Waals surface area contributed by atoms with Crippen LogP contribution in [0.1, 0.15) is 5.69 Å². The molecule has 2 unspecified atom stereocenters. The lowest BCUT2D eigenvalue weighted by molar-refractivity contribution is -0.384. The second-order valence-electron chi connectivity index (χ2n) is 5.93. The van der Waals surface area contributed by atoms with Gasteiger partial charge in [0.05, 0.1) is 10.4 Å². The molecule has 108 valence electrons. The zero-order valence-corrected chi connectivity index (χ0v) is 11.7. The number of aromatic nitrogens is 1. The third kappa shape index (κ3) is 2.03. The van der Waals surface area contributed by atoms with Crippen molar-refractivity contribution >= 4 is 22.3 Å². The van der Waals surface area contributed by atoms with Gasteiger partial charge in [0.2, 0.25) is 0 Å². The predicted molar refractivity (Wildman–Crippen MR) is 80.4 cm³/mol. The van der Waals surface area contributed by atoms with Crippen LogP contribution in [0.3, 0.4) is 0 Å². The Hall–Kier alpha value is -2.21. The van der Waals surface area contributed by atoms with Crippen LogP contribution in [0, 0.1) is 28.9 Å². The van der Waals surface area contributed by atoms with Crippen molar-refractivity contribution in [1.29, 1.82) is 0 Å². The summed E-state index contributed by atoms with van der Waals surface area (Å²) in [5.74, 6) is 1.37. The number of nitrogens with zero attached hydrogens (tertiary/aromatic N) is 2. The molecule has 0 amide bonds. The summed E-state index contributed by atoms with van der Waals surface area (Å²) < 4.78 is 0. The molecule has 1 saturated carbocycles. The number of non-ortho nitro benzene ring substituents is 1. The minimum absolute atomic E-state index is 0.105. The van der Waals surface area contributed by atoms with E-state index in [1.54, 1.807) is 12.1 Å². The summed E-state index contributed by atoms with van der Waals surface area (Å²) in [6.45, 7) is 4.07. The van der Waals surface area contributed by atoms with Crippen molar-refractivity contribution in [3.05, 3.63) is 40.1 Å². The van der Waals surface area contributed by atoms with Gasteiger partial charge in [-0.25, -0.2) is 0 Å². The fourth-order valence-corrected chi connectivity index (χ4v) is 3.39. The molecule has 6 heteroatoms. The van der Waals surface area contributed by atoms with E-state index in [2.05, 4.69) is 15.6 Å². The highest BCUT2D eigenvalue weighted by Crippen LogP contribution is 2.44. The van der Waals surface area contributed by atoms with Gasteiger partial charge >= 0.3 is 0 Å². The van der Waals surface area contributed by atoms with Gasteiger partial charge in [0.25, 0.3) is 5.69 Å². The average molecular weight is 284 g/mol. The van der Waals surface area contributed by atoms with E-state index in [4.69, 9.17) is 0 Å². The van der Waals surface area contributed by atoms with Crippen LogP contribution in [0.25, 0.3) is 10.9 Å². The average Bonchev–Trinajstić information content (AvgIpc) is 2.89. The predicted octanol–water partition coefficient (Wildman–Crippen LogP) is 2.08. The van der Waals surface area contributed by atoms with Gasteiger partial charge in [-0.05, 0) is 30.9 Å². The molecule has 0 bridgehead atoms. The lowest BCUT2D eigenvalue weighted by atomic mass is 10.1. The van der Waals surface area contributed by atoms with Gasteiger partial charge in [-0.1, -0.05) is 0 Å². The molecular weight excluding hydrogens is 268 g/mol. The first-order chi connectivity index (χ1) is 10.1. The van der Waals surface area contributed by atoms with E-state index in [9.17, 15) is 10.1 Å². The highest BCUT2D eigenvalue weighted by Gasteiger charge is 2.53.